The average Bonchev–Trinajstić information content (AvgIpc) is 1.43. The van der Waals surface area contributed by atoms with Crippen molar-refractivity contribution < 1.29 is 13.3 Å². The maximum atomic E-state index is 12.8. The standard InChI is InChI=1S/C85H52N4O3/c86-47-65-75-51-28-30-52(31-29-51)76(75)81(88-67-39-33-54(49-18-6-2-7-19-49)45-63(67)78-70(88)42-36-60-57-23-11-14-26-73(57)91-84(60)78)82(89-68-40-34-55(50-20-8-3-9-21-50)46-64(68)79-71(89)43-37-61-58-24-12-15-27-74(58)92-85(61)79)80(65)87-66-38-32-53(48-16-4-1-5-17-48)44-62(66)77-69(87)41-35-59-56-22-10-13-25-72(56)90-83(59)77/h1-27,32-46,51-52H,28-31H2. The van der Waals surface area contributed by atoms with Gasteiger partial charge in [-0.05, 0) is 173 Å². The van der Waals surface area contributed by atoms with E-state index in [4.69, 9.17) is 13.3 Å². The summed E-state index contributed by atoms with van der Waals surface area (Å²) in [6.07, 6.45) is 4.05. The third-order valence-corrected chi connectivity index (χ3v) is 21.0. The highest BCUT2D eigenvalue weighted by atomic mass is 16.3. The molecule has 19 aromatic rings. The molecule has 0 amide bonds. The van der Waals surface area contributed by atoms with E-state index < -0.39 is 0 Å². The summed E-state index contributed by atoms with van der Waals surface area (Å²) >= 11 is 0. The van der Waals surface area contributed by atoms with Gasteiger partial charge in [-0.2, -0.15) is 5.26 Å². The number of hydrogen-bond acceptors (Lipinski definition) is 4. The minimum atomic E-state index is 0.151. The van der Waals surface area contributed by atoms with Gasteiger partial charge < -0.3 is 27.0 Å². The lowest BCUT2D eigenvalue weighted by Gasteiger charge is -2.42. The number of rotatable bonds is 6. The molecular weight excluding hydrogens is 1120 g/mol. The summed E-state index contributed by atoms with van der Waals surface area (Å²) in [4.78, 5) is 0. The highest BCUT2D eigenvalue weighted by Crippen LogP contribution is 2.59. The maximum absolute atomic E-state index is 12.8. The predicted molar refractivity (Wildman–Crippen MR) is 376 cm³/mol. The molecule has 22 rings (SSSR count). The van der Waals surface area contributed by atoms with Crippen LogP contribution in [0.25, 0.3) is 182 Å². The summed E-state index contributed by atoms with van der Waals surface area (Å²) in [5.41, 5.74) is 23.6. The van der Waals surface area contributed by atoms with E-state index in [0.29, 0.717) is 5.56 Å². The summed E-state index contributed by atoms with van der Waals surface area (Å²) in [5.74, 6) is 0.315. The number of nitriles is 1. The first kappa shape index (κ1) is 50.1. The molecule has 0 saturated heterocycles. The summed E-state index contributed by atoms with van der Waals surface area (Å²) in [6.45, 7) is 0. The van der Waals surface area contributed by atoms with Gasteiger partial charge in [-0.25, -0.2) is 0 Å². The third kappa shape index (κ3) is 6.72. The zero-order valence-electron chi connectivity index (χ0n) is 49.7. The van der Waals surface area contributed by atoms with Crippen molar-refractivity contribution in [3.8, 4) is 56.5 Å². The second-order valence-corrected chi connectivity index (χ2v) is 25.5. The van der Waals surface area contributed by atoms with Gasteiger partial charge in [-0.3, -0.25) is 0 Å². The fraction of sp³-hybridized carbons (Fsp3) is 0.0706. The minimum Gasteiger partial charge on any atom is -0.455 e. The van der Waals surface area contributed by atoms with E-state index >= 15 is 0 Å². The summed E-state index contributed by atoms with van der Waals surface area (Å²) in [7, 11) is 0. The molecule has 6 aromatic heterocycles. The van der Waals surface area contributed by atoms with E-state index in [2.05, 4.69) is 275 Å². The van der Waals surface area contributed by atoms with Gasteiger partial charge in [0.2, 0.25) is 0 Å². The van der Waals surface area contributed by atoms with Gasteiger partial charge in [0.25, 0.3) is 0 Å². The molecule has 0 spiro atoms. The van der Waals surface area contributed by atoms with Gasteiger partial charge in [0.05, 0.1) is 71.9 Å². The van der Waals surface area contributed by atoms with Crippen LogP contribution in [0.15, 0.2) is 268 Å². The SMILES string of the molecule is N#Cc1c2c(c(-n3c4ccc(-c5ccccc5)cc4c4c5oc6ccccc6c5ccc43)c(-n3c4ccc(-c5ccccc5)cc4c4c5oc6ccccc6c5ccc43)c1-n1c3ccc(-c4ccccc4)cc3c3c4oc5ccccc5c4ccc31)C1CCC2CC1. The molecule has 92 heavy (non-hydrogen) atoms. The average molecular weight is 1180 g/mol. The van der Waals surface area contributed by atoms with E-state index in [9.17, 15) is 5.26 Å². The zero-order valence-corrected chi connectivity index (χ0v) is 49.7. The van der Waals surface area contributed by atoms with Crippen molar-refractivity contribution in [1.29, 1.82) is 5.26 Å². The van der Waals surface area contributed by atoms with Crippen LogP contribution in [0.2, 0.25) is 0 Å². The van der Waals surface area contributed by atoms with Gasteiger partial charge in [-0.1, -0.05) is 164 Å². The van der Waals surface area contributed by atoms with E-state index in [0.717, 1.165) is 213 Å². The topological polar surface area (TPSA) is 78.0 Å². The Hall–Kier alpha value is -11.9. The number of aromatic nitrogens is 3. The second kappa shape index (κ2) is 18.6. The molecule has 7 nitrogen and oxygen atoms in total. The molecule has 0 aliphatic heterocycles. The van der Waals surface area contributed by atoms with Crippen molar-refractivity contribution in [1.82, 2.24) is 13.7 Å². The maximum Gasteiger partial charge on any atom is 0.145 e. The molecule has 3 aliphatic carbocycles. The van der Waals surface area contributed by atoms with Crippen LogP contribution in [0.4, 0.5) is 0 Å². The molecule has 0 N–H and O–H groups in total. The van der Waals surface area contributed by atoms with Gasteiger partial charge >= 0.3 is 0 Å². The fourth-order valence-electron chi connectivity index (χ4n) is 17.0. The van der Waals surface area contributed by atoms with Crippen LogP contribution in [0.1, 0.15) is 54.2 Å². The Morgan fingerprint density at radius 2 is 0.609 bits per heavy atom. The number of furan rings is 3. The first-order valence-electron chi connectivity index (χ1n) is 32.1. The van der Waals surface area contributed by atoms with Gasteiger partial charge in [-0.15, -0.1) is 0 Å². The van der Waals surface area contributed by atoms with Crippen molar-refractivity contribution in [3.63, 3.8) is 0 Å². The molecule has 2 bridgehead atoms. The molecule has 0 unspecified atom stereocenters. The lowest BCUT2D eigenvalue weighted by Crippen LogP contribution is -2.27. The van der Waals surface area contributed by atoms with Crippen molar-refractivity contribution in [2.45, 2.75) is 37.5 Å². The predicted octanol–water partition coefficient (Wildman–Crippen LogP) is 23.3. The van der Waals surface area contributed by atoms with Crippen LogP contribution < -0.4 is 0 Å². The Balaban J connectivity index is 1.02. The number of hydrogen-bond donors (Lipinski definition) is 0. The van der Waals surface area contributed by atoms with Crippen molar-refractivity contribution in [2.24, 2.45) is 0 Å². The molecular formula is C85H52N4O3. The lowest BCUT2D eigenvalue weighted by atomic mass is 9.64. The third-order valence-electron chi connectivity index (χ3n) is 21.0. The van der Waals surface area contributed by atoms with E-state index in [1.165, 1.54) is 5.56 Å². The minimum absolute atomic E-state index is 0.151. The van der Waals surface area contributed by atoms with Crippen LogP contribution in [0.3, 0.4) is 0 Å². The Kier molecular flexibility index (Phi) is 10.1. The van der Waals surface area contributed by atoms with E-state index in [1.807, 2.05) is 0 Å². The number of nitrogens with zero attached hydrogens (tertiary/aromatic N) is 4. The highest BCUT2D eigenvalue weighted by Gasteiger charge is 2.43. The molecule has 0 atom stereocenters. The van der Waals surface area contributed by atoms with Gasteiger partial charge in [0.1, 0.15) is 39.6 Å². The van der Waals surface area contributed by atoms with Crippen LogP contribution >= 0.6 is 0 Å². The fourth-order valence-corrected chi connectivity index (χ4v) is 17.0. The van der Waals surface area contributed by atoms with Crippen LogP contribution in [0.5, 0.6) is 0 Å². The van der Waals surface area contributed by atoms with Gasteiger partial charge in [0, 0.05) is 48.5 Å². The first-order valence-corrected chi connectivity index (χ1v) is 32.1. The second-order valence-electron chi connectivity index (χ2n) is 25.5. The van der Waals surface area contributed by atoms with Crippen molar-refractivity contribution in [2.75, 3.05) is 0 Å². The molecule has 3 aliphatic rings. The Labute approximate surface area is 526 Å². The molecule has 0 radical (unpaired) electrons. The smallest absolute Gasteiger partial charge is 0.145 e. The summed E-state index contributed by atoms with van der Waals surface area (Å²) in [6, 6.07) is 95.1. The molecule has 13 aromatic carbocycles. The summed E-state index contributed by atoms with van der Waals surface area (Å²) in [5, 5.41) is 25.4. The summed E-state index contributed by atoms with van der Waals surface area (Å²) < 4.78 is 29.1. The van der Waals surface area contributed by atoms with E-state index in [1.54, 1.807) is 0 Å². The molecule has 1 saturated carbocycles. The first-order chi connectivity index (χ1) is 45.6. The van der Waals surface area contributed by atoms with Gasteiger partial charge in [0.15, 0.2) is 0 Å². The zero-order chi connectivity index (χ0) is 60.0. The quantitative estimate of drug-likeness (QED) is 0.166. The normalized spacial score (nSPS) is 15.0. The highest BCUT2D eigenvalue weighted by molar-refractivity contribution is 6.28. The Morgan fingerprint density at radius 3 is 0.989 bits per heavy atom. The van der Waals surface area contributed by atoms with E-state index in [-0.39, 0.29) is 11.8 Å². The Morgan fingerprint density at radius 1 is 0.283 bits per heavy atom. The number of para-hydroxylation sites is 3. The Bertz CT molecular complexity index is 6450. The molecule has 6 heterocycles. The molecule has 1 fully saturated rings. The lowest BCUT2D eigenvalue weighted by molar-refractivity contribution is 0.357. The monoisotopic (exact) mass is 1180 g/mol. The number of benzene rings is 13. The van der Waals surface area contributed by atoms with Crippen LogP contribution in [-0.4, -0.2) is 13.7 Å². The largest absolute Gasteiger partial charge is 0.455 e. The van der Waals surface area contributed by atoms with Crippen LogP contribution in [-0.2, 0) is 0 Å². The van der Waals surface area contributed by atoms with Crippen LogP contribution in [0, 0.1) is 11.3 Å². The number of fused-ring (bicyclic) bond motifs is 23. The van der Waals surface area contributed by atoms with Crippen molar-refractivity contribution >= 4 is 131 Å². The molecule has 430 valence electrons. The molecule has 7 heteroatoms. The van der Waals surface area contributed by atoms with Crippen molar-refractivity contribution in [3.05, 3.63) is 271 Å².